The van der Waals surface area contributed by atoms with E-state index in [1.807, 2.05) is 29.2 Å². The third kappa shape index (κ3) is 7.40. The van der Waals surface area contributed by atoms with Gasteiger partial charge >= 0.3 is 0 Å². The van der Waals surface area contributed by atoms with Crippen LogP contribution in [-0.2, 0) is 16.0 Å². The van der Waals surface area contributed by atoms with E-state index < -0.39 is 0 Å². The fourth-order valence-corrected chi connectivity index (χ4v) is 4.19. The van der Waals surface area contributed by atoms with Crippen LogP contribution in [0.2, 0.25) is 0 Å². The zero-order valence-corrected chi connectivity index (χ0v) is 19.6. The van der Waals surface area contributed by atoms with Gasteiger partial charge in [0.2, 0.25) is 11.8 Å². The summed E-state index contributed by atoms with van der Waals surface area (Å²) < 4.78 is 0. The first-order valence-corrected chi connectivity index (χ1v) is 12.0. The molecule has 0 aromatic heterocycles. The van der Waals surface area contributed by atoms with Crippen LogP contribution in [0.15, 0.2) is 48.5 Å². The molecule has 1 heterocycles. The van der Waals surface area contributed by atoms with Crippen molar-refractivity contribution in [2.45, 2.75) is 58.8 Å². The summed E-state index contributed by atoms with van der Waals surface area (Å²) in [6, 6.07) is 16.2. The van der Waals surface area contributed by atoms with Gasteiger partial charge in [0, 0.05) is 44.0 Å². The summed E-state index contributed by atoms with van der Waals surface area (Å²) in [5.74, 6) is 0.290. The van der Waals surface area contributed by atoms with E-state index in [1.165, 1.54) is 24.8 Å². The highest BCUT2D eigenvalue weighted by molar-refractivity contribution is 5.90. The molecule has 5 nitrogen and oxygen atoms in total. The maximum Gasteiger partial charge on any atom is 0.227 e. The van der Waals surface area contributed by atoms with E-state index in [4.69, 9.17) is 0 Å². The molecule has 0 spiro atoms. The fourth-order valence-electron chi connectivity index (χ4n) is 4.19. The van der Waals surface area contributed by atoms with Gasteiger partial charge in [0.15, 0.2) is 0 Å². The number of aryl methyl sites for hydroxylation is 1. The topological polar surface area (TPSA) is 52.7 Å². The highest BCUT2D eigenvalue weighted by Crippen LogP contribution is 2.20. The largest absolute Gasteiger partial charge is 0.368 e. The summed E-state index contributed by atoms with van der Waals surface area (Å²) in [4.78, 5) is 29.1. The summed E-state index contributed by atoms with van der Waals surface area (Å²) >= 11 is 0. The van der Waals surface area contributed by atoms with E-state index in [-0.39, 0.29) is 11.8 Å². The second-order valence-electron chi connectivity index (χ2n) is 8.79. The van der Waals surface area contributed by atoms with E-state index in [9.17, 15) is 9.59 Å². The lowest BCUT2D eigenvalue weighted by molar-refractivity contribution is -0.130. The predicted octanol–water partition coefficient (Wildman–Crippen LogP) is 5.19. The molecule has 3 rings (SSSR count). The molecule has 2 aromatic carbocycles. The van der Waals surface area contributed by atoms with Gasteiger partial charge in [0.25, 0.3) is 0 Å². The van der Waals surface area contributed by atoms with Gasteiger partial charge in [-0.15, -0.1) is 0 Å². The smallest absolute Gasteiger partial charge is 0.227 e. The zero-order valence-electron chi connectivity index (χ0n) is 19.6. The Morgan fingerprint density at radius 3 is 2.31 bits per heavy atom. The van der Waals surface area contributed by atoms with Crippen molar-refractivity contribution >= 4 is 23.2 Å². The van der Waals surface area contributed by atoms with E-state index in [1.54, 1.807) is 0 Å². The summed E-state index contributed by atoms with van der Waals surface area (Å²) in [6.45, 7) is 7.37. The molecule has 0 bridgehead atoms. The van der Waals surface area contributed by atoms with Crippen LogP contribution in [0.5, 0.6) is 0 Å². The van der Waals surface area contributed by atoms with Gasteiger partial charge in [-0.3, -0.25) is 9.59 Å². The minimum Gasteiger partial charge on any atom is -0.368 e. The molecular weight excluding hydrogens is 398 g/mol. The third-order valence-electron chi connectivity index (χ3n) is 6.09. The van der Waals surface area contributed by atoms with Crippen molar-refractivity contribution in [1.29, 1.82) is 0 Å². The van der Waals surface area contributed by atoms with Gasteiger partial charge in [-0.25, -0.2) is 0 Å². The first-order chi connectivity index (χ1) is 15.5. The van der Waals surface area contributed by atoms with Crippen LogP contribution >= 0.6 is 0 Å². The van der Waals surface area contributed by atoms with Gasteiger partial charge in [0.05, 0.1) is 6.42 Å². The first kappa shape index (κ1) is 23.8. The number of carbonyl (C=O) groups is 2. The number of anilines is 2. The van der Waals surface area contributed by atoms with Crippen molar-refractivity contribution in [3.05, 3.63) is 59.7 Å². The van der Waals surface area contributed by atoms with Crippen LogP contribution in [0.4, 0.5) is 11.4 Å². The molecule has 32 heavy (non-hydrogen) atoms. The molecule has 1 N–H and O–H groups in total. The monoisotopic (exact) mass is 435 g/mol. The van der Waals surface area contributed by atoms with E-state index in [0.717, 1.165) is 56.0 Å². The number of carbonyl (C=O) groups excluding carboxylic acids is 2. The van der Waals surface area contributed by atoms with Crippen molar-refractivity contribution in [1.82, 2.24) is 4.90 Å². The molecule has 0 atom stereocenters. The van der Waals surface area contributed by atoms with Crippen molar-refractivity contribution in [2.24, 2.45) is 0 Å². The zero-order chi connectivity index (χ0) is 22.8. The highest BCUT2D eigenvalue weighted by Gasteiger charge is 2.21. The summed E-state index contributed by atoms with van der Waals surface area (Å²) in [5, 5.41) is 3.00. The fraction of sp³-hybridized carbons (Fsp3) is 0.481. The molecule has 2 aromatic rings. The molecule has 5 heteroatoms. The average Bonchev–Trinajstić information content (AvgIpc) is 2.79. The summed E-state index contributed by atoms with van der Waals surface area (Å²) in [5.41, 5.74) is 4.25. The molecule has 1 saturated heterocycles. The Morgan fingerprint density at radius 2 is 1.62 bits per heavy atom. The van der Waals surface area contributed by atoms with Gasteiger partial charge in [-0.1, -0.05) is 62.4 Å². The molecule has 172 valence electrons. The normalized spacial score (nSPS) is 13.8. The lowest BCUT2D eigenvalue weighted by Gasteiger charge is -2.36. The van der Waals surface area contributed by atoms with Gasteiger partial charge in [0.1, 0.15) is 0 Å². The Kier molecular flexibility index (Phi) is 9.14. The number of unbranched alkanes of at least 4 members (excludes halogenated alkanes) is 4. The minimum absolute atomic E-state index is 0.0926. The van der Waals surface area contributed by atoms with Crippen molar-refractivity contribution in [3.63, 3.8) is 0 Å². The molecule has 1 aliphatic rings. The van der Waals surface area contributed by atoms with Crippen molar-refractivity contribution in [2.75, 3.05) is 36.4 Å². The number of benzene rings is 2. The second kappa shape index (κ2) is 12.3. The SMILES string of the molecule is CCCCCCCC(=O)Nc1ccc(N2CCN(C(=O)Cc3cccc(C)c3)CC2)cc1. The Labute approximate surface area is 192 Å². The second-order valence-corrected chi connectivity index (χ2v) is 8.79. The lowest BCUT2D eigenvalue weighted by atomic mass is 10.1. The maximum absolute atomic E-state index is 12.7. The molecule has 1 aliphatic heterocycles. The summed E-state index contributed by atoms with van der Waals surface area (Å²) in [6.07, 6.45) is 6.81. The van der Waals surface area contributed by atoms with Crippen LogP contribution in [-0.4, -0.2) is 42.9 Å². The molecule has 0 unspecified atom stereocenters. The standard InChI is InChI=1S/C27H37N3O2/c1-3-4-5-6-7-11-26(31)28-24-12-14-25(15-13-24)29-16-18-30(19-17-29)27(32)21-23-10-8-9-22(2)20-23/h8-10,12-15,20H,3-7,11,16-19,21H2,1-2H3,(H,28,31). The predicted molar refractivity (Wildman–Crippen MR) is 132 cm³/mol. The Hall–Kier alpha value is -2.82. The molecular formula is C27H37N3O2. The van der Waals surface area contributed by atoms with Gasteiger partial charge in [-0.05, 0) is 43.2 Å². The molecule has 0 saturated carbocycles. The average molecular weight is 436 g/mol. The first-order valence-electron chi connectivity index (χ1n) is 12.0. The number of amides is 2. The Bertz CT molecular complexity index is 871. The number of hydrogen-bond donors (Lipinski definition) is 1. The Morgan fingerprint density at radius 1 is 0.906 bits per heavy atom. The maximum atomic E-state index is 12.7. The van der Waals surface area contributed by atoms with Crippen LogP contribution in [0, 0.1) is 6.92 Å². The van der Waals surface area contributed by atoms with Crippen LogP contribution in [0.1, 0.15) is 56.6 Å². The number of piperazine rings is 1. The van der Waals surface area contributed by atoms with Gasteiger partial charge in [-0.2, -0.15) is 0 Å². The molecule has 0 aliphatic carbocycles. The number of hydrogen-bond acceptors (Lipinski definition) is 3. The quantitative estimate of drug-likeness (QED) is 0.523. The molecule has 2 amide bonds. The summed E-state index contributed by atoms with van der Waals surface area (Å²) in [7, 11) is 0. The van der Waals surface area contributed by atoms with E-state index >= 15 is 0 Å². The van der Waals surface area contributed by atoms with Crippen molar-refractivity contribution < 1.29 is 9.59 Å². The van der Waals surface area contributed by atoms with E-state index in [0.29, 0.717) is 12.8 Å². The lowest BCUT2D eigenvalue weighted by Crippen LogP contribution is -2.49. The van der Waals surface area contributed by atoms with E-state index in [2.05, 4.69) is 48.3 Å². The minimum atomic E-state index is 0.0926. The van der Waals surface area contributed by atoms with Gasteiger partial charge < -0.3 is 15.1 Å². The molecule has 0 radical (unpaired) electrons. The number of rotatable bonds is 10. The number of nitrogens with one attached hydrogen (secondary N) is 1. The number of nitrogens with zero attached hydrogens (tertiary/aromatic N) is 2. The van der Waals surface area contributed by atoms with Crippen molar-refractivity contribution in [3.8, 4) is 0 Å². The highest BCUT2D eigenvalue weighted by atomic mass is 16.2. The van der Waals surface area contributed by atoms with Crippen LogP contribution < -0.4 is 10.2 Å². The third-order valence-corrected chi connectivity index (χ3v) is 6.09. The van der Waals surface area contributed by atoms with Crippen LogP contribution in [0.3, 0.4) is 0 Å². The van der Waals surface area contributed by atoms with Crippen LogP contribution in [0.25, 0.3) is 0 Å². The molecule has 1 fully saturated rings. The Balaban J connectivity index is 1.41.